The number of hydrogen-bond acceptors (Lipinski definition) is 4. The van der Waals surface area contributed by atoms with Crippen LogP contribution in [-0.4, -0.2) is 48.9 Å². The number of amides is 3. The quantitative estimate of drug-likeness (QED) is 0.533. The van der Waals surface area contributed by atoms with E-state index in [1.165, 1.54) is 12.2 Å². The van der Waals surface area contributed by atoms with Crippen LogP contribution in [-0.2, 0) is 19.1 Å². The Morgan fingerprint density at radius 1 is 1.19 bits per heavy atom. The van der Waals surface area contributed by atoms with Crippen molar-refractivity contribution in [3.05, 3.63) is 12.2 Å². The Bertz CT molecular complexity index is 406. The van der Waals surface area contributed by atoms with E-state index in [9.17, 15) is 14.4 Å². The van der Waals surface area contributed by atoms with Crippen molar-refractivity contribution in [3.63, 3.8) is 0 Å². The summed E-state index contributed by atoms with van der Waals surface area (Å²) in [6.07, 6.45) is 3.50. The molecule has 1 aliphatic heterocycles. The highest BCUT2D eigenvalue weighted by molar-refractivity contribution is 6.13. The molecule has 118 valence electrons. The van der Waals surface area contributed by atoms with Crippen LogP contribution in [0.4, 0.5) is 0 Å². The van der Waals surface area contributed by atoms with E-state index in [1.807, 2.05) is 0 Å². The maximum absolute atomic E-state index is 11.6. The fourth-order valence-corrected chi connectivity index (χ4v) is 1.70. The lowest BCUT2D eigenvalue weighted by Gasteiger charge is -2.17. The molecule has 1 N–H and O–H groups in total. The third-order valence-electron chi connectivity index (χ3n) is 3.03. The SMILES string of the molecule is CC(C)(C)CCOCCNC(=O)CCN1C(=O)C=CC1=O. The summed E-state index contributed by atoms with van der Waals surface area (Å²) >= 11 is 0. The van der Waals surface area contributed by atoms with Gasteiger partial charge in [0.25, 0.3) is 11.8 Å². The van der Waals surface area contributed by atoms with Gasteiger partial charge >= 0.3 is 0 Å². The first-order valence-electron chi connectivity index (χ1n) is 7.17. The summed E-state index contributed by atoms with van der Waals surface area (Å²) in [4.78, 5) is 35.2. The molecule has 0 bridgehead atoms. The van der Waals surface area contributed by atoms with Crippen LogP contribution in [0.2, 0.25) is 0 Å². The average Bonchev–Trinajstić information content (AvgIpc) is 2.69. The molecule has 0 aromatic carbocycles. The number of hydrogen-bond donors (Lipinski definition) is 1. The Morgan fingerprint density at radius 3 is 2.38 bits per heavy atom. The van der Waals surface area contributed by atoms with E-state index in [2.05, 4.69) is 26.1 Å². The molecule has 1 rings (SSSR count). The van der Waals surface area contributed by atoms with Crippen LogP contribution in [0.3, 0.4) is 0 Å². The molecule has 0 atom stereocenters. The smallest absolute Gasteiger partial charge is 0.253 e. The molecule has 0 saturated heterocycles. The maximum Gasteiger partial charge on any atom is 0.253 e. The fraction of sp³-hybridized carbons (Fsp3) is 0.667. The van der Waals surface area contributed by atoms with Crippen molar-refractivity contribution in [1.29, 1.82) is 0 Å². The van der Waals surface area contributed by atoms with E-state index in [0.29, 0.717) is 19.8 Å². The molecule has 0 aromatic heterocycles. The summed E-state index contributed by atoms with van der Waals surface area (Å²) in [5.41, 5.74) is 0.242. The lowest BCUT2D eigenvalue weighted by molar-refractivity contribution is -0.137. The molecule has 0 aromatic rings. The number of ether oxygens (including phenoxy) is 1. The highest BCUT2D eigenvalue weighted by atomic mass is 16.5. The minimum Gasteiger partial charge on any atom is -0.380 e. The second kappa shape index (κ2) is 7.93. The molecule has 6 heteroatoms. The third-order valence-corrected chi connectivity index (χ3v) is 3.03. The van der Waals surface area contributed by atoms with Crippen LogP contribution in [0.25, 0.3) is 0 Å². The lowest BCUT2D eigenvalue weighted by atomic mass is 9.93. The Balaban J connectivity index is 2.04. The van der Waals surface area contributed by atoms with E-state index in [-0.39, 0.29) is 36.1 Å². The van der Waals surface area contributed by atoms with Gasteiger partial charge in [0.2, 0.25) is 5.91 Å². The van der Waals surface area contributed by atoms with E-state index in [1.54, 1.807) is 0 Å². The van der Waals surface area contributed by atoms with Crippen molar-refractivity contribution < 1.29 is 19.1 Å². The van der Waals surface area contributed by atoms with E-state index in [0.717, 1.165) is 11.3 Å². The topological polar surface area (TPSA) is 75.7 Å². The van der Waals surface area contributed by atoms with Crippen LogP contribution < -0.4 is 5.32 Å². The highest BCUT2D eigenvalue weighted by Crippen LogP contribution is 2.17. The Hall–Kier alpha value is -1.69. The van der Waals surface area contributed by atoms with Crippen molar-refractivity contribution in [1.82, 2.24) is 10.2 Å². The van der Waals surface area contributed by atoms with Gasteiger partial charge in [-0.25, -0.2) is 0 Å². The number of nitrogens with zero attached hydrogens (tertiary/aromatic N) is 1. The number of carbonyl (C=O) groups is 3. The summed E-state index contributed by atoms with van der Waals surface area (Å²) in [6, 6.07) is 0. The summed E-state index contributed by atoms with van der Waals surface area (Å²) < 4.78 is 5.43. The molecule has 0 saturated carbocycles. The second-order valence-electron chi connectivity index (χ2n) is 6.18. The zero-order valence-electron chi connectivity index (χ0n) is 13.0. The molecule has 0 unspecified atom stereocenters. The highest BCUT2D eigenvalue weighted by Gasteiger charge is 2.23. The lowest BCUT2D eigenvalue weighted by Crippen LogP contribution is -2.35. The van der Waals surface area contributed by atoms with Crippen molar-refractivity contribution >= 4 is 17.7 Å². The van der Waals surface area contributed by atoms with E-state index >= 15 is 0 Å². The van der Waals surface area contributed by atoms with Gasteiger partial charge in [-0.1, -0.05) is 20.8 Å². The zero-order chi connectivity index (χ0) is 15.9. The third kappa shape index (κ3) is 7.04. The normalized spacial score (nSPS) is 14.9. The molecule has 6 nitrogen and oxygen atoms in total. The van der Waals surface area contributed by atoms with Crippen molar-refractivity contribution in [2.24, 2.45) is 5.41 Å². The molecule has 0 radical (unpaired) electrons. The summed E-state index contributed by atoms with van der Waals surface area (Å²) in [6.45, 7) is 8.12. The Labute approximate surface area is 125 Å². The molecule has 1 aliphatic rings. The number of imide groups is 1. The summed E-state index contributed by atoms with van der Waals surface area (Å²) in [5, 5.41) is 2.70. The first kappa shape index (κ1) is 17.4. The van der Waals surface area contributed by atoms with Gasteiger partial charge in [0.05, 0.1) is 6.61 Å². The van der Waals surface area contributed by atoms with Crippen LogP contribution in [0.1, 0.15) is 33.6 Å². The van der Waals surface area contributed by atoms with Crippen molar-refractivity contribution in [3.8, 4) is 0 Å². The number of rotatable bonds is 8. The average molecular weight is 296 g/mol. The van der Waals surface area contributed by atoms with Gasteiger partial charge in [0, 0.05) is 38.3 Å². The van der Waals surface area contributed by atoms with Crippen LogP contribution in [0, 0.1) is 5.41 Å². The molecular formula is C15H24N2O4. The summed E-state index contributed by atoms with van der Waals surface area (Å²) in [7, 11) is 0. The van der Waals surface area contributed by atoms with Gasteiger partial charge in [0.1, 0.15) is 0 Å². The largest absolute Gasteiger partial charge is 0.380 e. The van der Waals surface area contributed by atoms with Gasteiger partial charge < -0.3 is 10.1 Å². The molecule has 0 aliphatic carbocycles. The predicted molar refractivity (Wildman–Crippen MR) is 78.4 cm³/mol. The van der Waals surface area contributed by atoms with Crippen LogP contribution >= 0.6 is 0 Å². The van der Waals surface area contributed by atoms with Gasteiger partial charge in [-0.3, -0.25) is 19.3 Å². The minimum absolute atomic E-state index is 0.112. The van der Waals surface area contributed by atoms with Gasteiger partial charge in [-0.05, 0) is 11.8 Å². The predicted octanol–water partition coefficient (Wildman–Crippen LogP) is 0.870. The minimum atomic E-state index is -0.363. The molecule has 1 heterocycles. The van der Waals surface area contributed by atoms with Crippen LogP contribution in [0.5, 0.6) is 0 Å². The molecular weight excluding hydrogens is 272 g/mol. The Kier molecular flexibility index (Phi) is 6.55. The van der Waals surface area contributed by atoms with E-state index in [4.69, 9.17) is 4.74 Å². The van der Waals surface area contributed by atoms with Gasteiger partial charge in [-0.2, -0.15) is 0 Å². The zero-order valence-corrected chi connectivity index (χ0v) is 13.0. The molecule has 0 fully saturated rings. The fourth-order valence-electron chi connectivity index (χ4n) is 1.70. The maximum atomic E-state index is 11.6. The second-order valence-corrected chi connectivity index (χ2v) is 6.18. The number of nitrogens with one attached hydrogen (secondary N) is 1. The van der Waals surface area contributed by atoms with E-state index < -0.39 is 0 Å². The molecule has 0 spiro atoms. The standard InChI is InChI=1S/C15H24N2O4/c1-15(2,3)7-10-21-11-8-16-12(18)6-9-17-13(19)4-5-14(17)20/h4-5H,6-11H2,1-3H3,(H,16,18). The van der Waals surface area contributed by atoms with Crippen molar-refractivity contribution in [2.45, 2.75) is 33.6 Å². The molecule has 21 heavy (non-hydrogen) atoms. The first-order valence-corrected chi connectivity index (χ1v) is 7.17. The Morgan fingerprint density at radius 2 is 1.81 bits per heavy atom. The summed E-state index contributed by atoms with van der Waals surface area (Å²) in [5.74, 6) is -0.918. The first-order chi connectivity index (χ1) is 9.79. The van der Waals surface area contributed by atoms with Gasteiger partial charge in [-0.15, -0.1) is 0 Å². The monoisotopic (exact) mass is 296 g/mol. The van der Waals surface area contributed by atoms with Crippen molar-refractivity contribution in [2.75, 3.05) is 26.3 Å². The number of carbonyl (C=O) groups excluding carboxylic acids is 3. The van der Waals surface area contributed by atoms with Gasteiger partial charge in [0.15, 0.2) is 0 Å². The van der Waals surface area contributed by atoms with Crippen LogP contribution in [0.15, 0.2) is 12.2 Å². The molecule has 3 amide bonds.